The van der Waals surface area contributed by atoms with E-state index in [0.717, 1.165) is 35.6 Å². The SMILES string of the molecule is CC(C)(CNC(=O)c1cn[nH]c1C1CC1)c1ccc2c(c1)OCCO2. The molecule has 0 radical (unpaired) electrons. The van der Waals surface area contributed by atoms with Gasteiger partial charge in [-0.25, -0.2) is 0 Å². The monoisotopic (exact) mass is 341 g/mol. The van der Waals surface area contributed by atoms with Crippen LogP contribution in [0.15, 0.2) is 24.4 Å². The average molecular weight is 341 g/mol. The van der Waals surface area contributed by atoms with Crippen LogP contribution in [0.4, 0.5) is 0 Å². The Morgan fingerprint density at radius 1 is 1.28 bits per heavy atom. The van der Waals surface area contributed by atoms with E-state index in [-0.39, 0.29) is 11.3 Å². The molecule has 0 unspecified atom stereocenters. The van der Waals surface area contributed by atoms with Crippen molar-refractivity contribution in [3.8, 4) is 11.5 Å². The number of H-pyrrole nitrogens is 1. The fourth-order valence-corrected chi connectivity index (χ4v) is 3.12. The number of carbonyl (C=O) groups excluding carboxylic acids is 1. The summed E-state index contributed by atoms with van der Waals surface area (Å²) >= 11 is 0. The van der Waals surface area contributed by atoms with Gasteiger partial charge in [-0.1, -0.05) is 19.9 Å². The summed E-state index contributed by atoms with van der Waals surface area (Å²) in [6.07, 6.45) is 3.89. The predicted octanol–water partition coefficient (Wildman–Crippen LogP) is 2.77. The van der Waals surface area contributed by atoms with Crippen LogP contribution in [-0.2, 0) is 5.41 Å². The molecule has 1 aliphatic heterocycles. The summed E-state index contributed by atoms with van der Waals surface area (Å²) < 4.78 is 11.2. The molecule has 4 rings (SSSR count). The molecule has 0 atom stereocenters. The van der Waals surface area contributed by atoms with E-state index in [2.05, 4.69) is 29.4 Å². The van der Waals surface area contributed by atoms with E-state index < -0.39 is 0 Å². The van der Waals surface area contributed by atoms with Crippen molar-refractivity contribution >= 4 is 5.91 Å². The fraction of sp³-hybridized carbons (Fsp3) is 0.474. The Morgan fingerprint density at radius 3 is 2.80 bits per heavy atom. The van der Waals surface area contributed by atoms with Gasteiger partial charge in [-0.3, -0.25) is 9.89 Å². The number of aromatic nitrogens is 2. The largest absolute Gasteiger partial charge is 0.486 e. The van der Waals surface area contributed by atoms with Gasteiger partial charge < -0.3 is 14.8 Å². The van der Waals surface area contributed by atoms with Crippen LogP contribution >= 0.6 is 0 Å². The molecule has 0 spiro atoms. The molecule has 1 fully saturated rings. The maximum Gasteiger partial charge on any atom is 0.254 e. The van der Waals surface area contributed by atoms with Gasteiger partial charge in [0.2, 0.25) is 0 Å². The van der Waals surface area contributed by atoms with E-state index in [4.69, 9.17) is 9.47 Å². The summed E-state index contributed by atoms with van der Waals surface area (Å²) in [5.41, 5.74) is 2.51. The zero-order valence-electron chi connectivity index (χ0n) is 14.6. The Labute approximate surface area is 146 Å². The molecule has 25 heavy (non-hydrogen) atoms. The maximum atomic E-state index is 12.6. The summed E-state index contributed by atoms with van der Waals surface area (Å²) in [6.45, 7) is 5.89. The van der Waals surface area contributed by atoms with Gasteiger partial charge >= 0.3 is 0 Å². The van der Waals surface area contributed by atoms with Crippen molar-refractivity contribution in [1.29, 1.82) is 0 Å². The Hall–Kier alpha value is -2.50. The fourth-order valence-electron chi connectivity index (χ4n) is 3.12. The van der Waals surface area contributed by atoms with Crippen LogP contribution in [-0.4, -0.2) is 35.9 Å². The number of hydrogen-bond donors (Lipinski definition) is 2. The number of nitrogens with zero attached hydrogens (tertiary/aromatic N) is 1. The van der Waals surface area contributed by atoms with E-state index in [1.807, 2.05) is 18.2 Å². The molecule has 1 amide bonds. The minimum Gasteiger partial charge on any atom is -0.486 e. The molecule has 132 valence electrons. The number of amides is 1. The maximum absolute atomic E-state index is 12.6. The average Bonchev–Trinajstić information content (AvgIpc) is 3.36. The van der Waals surface area contributed by atoms with E-state index in [1.165, 1.54) is 0 Å². The molecule has 0 bridgehead atoms. The molecule has 1 saturated carbocycles. The summed E-state index contributed by atoms with van der Waals surface area (Å²) in [5.74, 6) is 1.95. The highest BCUT2D eigenvalue weighted by atomic mass is 16.6. The van der Waals surface area contributed by atoms with Crippen molar-refractivity contribution < 1.29 is 14.3 Å². The Morgan fingerprint density at radius 2 is 2.04 bits per heavy atom. The normalized spacial score (nSPS) is 16.6. The molecular formula is C19H23N3O3. The lowest BCUT2D eigenvalue weighted by Crippen LogP contribution is -2.37. The number of aromatic amines is 1. The number of carbonyl (C=O) groups is 1. The van der Waals surface area contributed by atoms with Crippen molar-refractivity contribution in [3.05, 3.63) is 41.2 Å². The summed E-state index contributed by atoms with van der Waals surface area (Å²) in [7, 11) is 0. The van der Waals surface area contributed by atoms with Crippen LogP contribution in [0.25, 0.3) is 0 Å². The zero-order chi connectivity index (χ0) is 17.4. The number of benzene rings is 1. The van der Waals surface area contributed by atoms with Crippen molar-refractivity contribution in [2.24, 2.45) is 0 Å². The minimum absolute atomic E-state index is 0.0683. The first-order valence-electron chi connectivity index (χ1n) is 8.76. The molecule has 2 heterocycles. The van der Waals surface area contributed by atoms with Crippen LogP contribution in [0.3, 0.4) is 0 Å². The zero-order valence-corrected chi connectivity index (χ0v) is 14.6. The smallest absolute Gasteiger partial charge is 0.254 e. The van der Waals surface area contributed by atoms with Gasteiger partial charge in [-0.05, 0) is 30.5 Å². The van der Waals surface area contributed by atoms with Gasteiger partial charge in [-0.15, -0.1) is 0 Å². The van der Waals surface area contributed by atoms with Crippen LogP contribution < -0.4 is 14.8 Å². The van der Waals surface area contributed by atoms with E-state index in [9.17, 15) is 4.79 Å². The third-order valence-corrected chi connectivity index (χ3v) is 4.91. The van der Waals surface area contributed by atoms with Gasteiger partial charge in [0.15, 0.2) is 11.5 Å². The quantitative estimate of drug-likeness (QED) is 0.877. The van der Waals surface area contributed by atoms with E-state index in [0.29, 0.717) is 31.2 Å². The second-order valence-electron chi connectivity index (χ2n) is 7.40. The van der Waals surface area contributed by atoms with Gasteiger partial charge in [-0.2, -0.15) is 5.10 Å². The lowest BCUT2D eigenvalue weighted by Gasteiger charge is -2.27. The molecule has 1 aliphatic carbocycles. The van der Waals surface area contributed by atoms with E-state index in [1.54, 1.807) is 6.20 Å². The lowest BCUT2D eigenvalue weighted by atomic mass is 9.84. The second kappa shape index (κ2) is 6.10. The molecule has 2 aromatic rings. The molecule has 1 aromatic carbocycles. The predicted molar refractivity (Wildman–Crippen MR) is 93.4 cm³/mol. The molecule has 6 heteroatoms. The van der Waals surface area contributed by atoms with E-state index >= 15 is 0 Å². The molecule has 6 nitrogen and oxygen atoms in total. The van der Waals surface area contributed by atoms with Crippen LogP contribution in [0, 0.1) is 0 Å². The van der Waals surface area contributed by atoms with Gasteiger partial charge in [0.25, 0.3) is 5.91 Å². The van der Waals surface area contributed by atoms with Crippen LogP contribution in [0.2, 0.25) is 0 Å². The minimum atomic E-state index is -0.227. The van der Waals surface area contributed by atoms with Gasteiger partial charge in [0, 0.05) is 17.9 Å². The van der Waals surface area contributed by atoms with Crippen molar-refractivity contribution in [3.63, 3.8) is 0 Å². The number of fused-ring (bicyclic) bond motifs is 1. The molecule has 0 saturated heterocycles. The third-order valence-electron chi connectivity index (χ3n) is 4.91. The summed E-state index contributed by atoms with van der Waals surface area (Å²) in [6, 6.07) is 5.98. The topological polar surface area (TPSA) is 76.2 Å². The van der Waals surface area contributed by atoms with Crippen molar-refractivity contribution in [2.45, 2.75) is 38.0 Å². The first-order valence-corrected chi connectivity index (χ1v) is 8.76. The summed E-state index contributed by atoms with van der Waals surface area (Å²) in [4.78, 5) is 12.6. The number of nitrogens with one attached hydrogen (secondary N) is 2. The first kappa shape index (κ1) is 16.0. The van der Waals surface area contributed by atoms with Crippen LogP contribution in [0.1, 0.15) is 54.2 Å². The highest BCUT2D eigenvalue weighted by molar-refractivity contribution is 5.95. The van der Waals surface area contributed by atoms with Crippen molar-refractivity contribution in [2.75, 3.05) is 19.8 Å². The summed E-state index contributed by atoms with van der Waals surface area (Å²) in [5, 5.41) is 10.1. The second-order valence-corrected chi connectivity index (χ2v) is 7.40. The highest BCUT2D eigenvalue weighted by Gasteiger charge is 2.31. The Balaban J connectivity index is 1.46. The standard InChI is InChI=1S/C19H23N3O3/c1-19(2,13-5-6-15-16(9-13)25-8-7-24-15)11-20-18(23)14-10-21-22-17(14)12-3-4-12/h5-6,9-10,12H,3-4,7-8,11H2,1-2H3,(H,20,23)(H,21,22). The van der Waals surface area contributed by atoms with Crippen molar-refractivity contribution in [1.82, 2.24) is 15.5 Å². The van der Waals surface area contributed by atoms with Gasteiger partial charge in [0.1, 0.15) is 13.2 Å². The molecule has 2 N–H and O–H groups in total. The molecule has 1 aromatic heterocycles. The molecule has 2 aliphatic rings. The lowest BCUT2D eigenvalue weighted by molar-refractivity contribution is 0.0944. The first-order chi connectivity index (χ1) is 12.0. The number of ether oxygens (including phenoxy) is 2. The highest BCUT2D eigenvalue weighted by Crippen LogP contribution is 2.40. The molecular weight excluding hydrogens is 318 g/mol. The Kier molecular flexibility index (Phi) is 3.90. The third kappa shape index (κ3) is 3.21. The number of rotatable bonds is 5. The van der Waals surface area contributed by atoms with Crippen LogP contribution in [0.5, 0.6) is 11.5 Å². The number of hydrogen-bond acceptors (Lipinski definition) is 4. The Bertz CT molecular complexity index is 793. The van der Waals surface area contributed by atoms with Gasteiger partial charge in [0.05, 0.1) is 17.5 Å².